The van der Waals surface area contributed by atoms with Crippen molar-refractivity contribution in [1.29, 1.82) is 0 Å². The van der Waals surface area contributed by atoms with Gasteiger partial charge in [-0.15, -0.1) is 0 Å². The number of rotatable bonds is 5. The monoisotopic (exact) mass is 269 g/mol. The van der Waals surface area contributed by atoms with Gasteiger partial charge in [0.15, 0.2) is 5.84 Å². The third-order valence-electron chi connectivity index (χ3n) is 4.20. The van der Waals surface area contributed by atoms with Crippen LogP contribution in [0.1, 0.15) is 39.0 Å². The molecule has 1 aliphatic carbocycles. The molecule has 2 aliphatic rings. The van der Waals surface area contributed by atoms with Gasteiger partial charge in [-0.05, 0) is 38.0 Å². The Kier molecular flexibility index (Phi) is 4.29. The smallest absolute Gasteiger partial charge is 0.233 e. The number of carbonyl (C=O) groups is 1. The molecule has 0 bridgehead atoms. The van der Waals surface area contributed by atoms with E-state index in [0.717, 1.165) is 25.9 Å². The number of carbonyl (C=O) groups excluding carboxylic acids is 1. The summed E-state index contributed by atoms with van der Waals surface area (Å²) >= 11 is 0. The van der Waals surface area contributed by atoms with Crippen LogP contribution in [0.3, 0.4) is 0 Å². The van der Waals surface area contributed by atoms with Crippen molar-refractivity contribution in [3.8, 4) is 0 Å². The second-order valence-corrected chi connectivity index (χ2v) is 5.76. The first-order valence-corrected chi connectivity index (χ1v) is 6.96. The van der Waals surface area contributed by atoms with Gasteiger partial charge in [0.1, 0.15) is 5.41 Å². The molecule has 2 rings (SSSR count). The van der Waals surface area contributed by atoms with Crippen LogP contribution in [0.4, 0.5) is 0 Å². The molecule has 6 nitrogen and oxygen atoms in total. The fourth-order valence-corrected chi connectivity index (χ4v) is 3.12. The van der Waals surface area contributed by atoms with Crippen LogP contribution in [0.2, 0.25) is 0 Å². The molecule has 4 N–H and O–H groups in total. The Balaban J connectivity index is 1.83. The van der Waals surface area contributed by atoms with Gasteiger partial charge in [-0.25, -0.2) is 0 Å². The summed E-state index contributed by atoms with van der Waals surface area (Å²) in [5, 5.41) is 14.8. The van der Waals surface area contributed by atoms with Crippen molar-refractivity contribution in [2.45, 2.75) is 45.1 Å². The molecule has 108 valence electrons. The van der Waals surface area contributed by atoms with E-state index in [1.165, 1.54) is 0 Å². The molecule has 2 fully saturated rings. The minimum absolute atomic E-state index is 0.0280. The quantitative estimate of drug-likeness (QED) is 0.298. The number of amidine groups is 1. The normalized spacial score (nSPS) is 34.9. The van der Waals surface area contributed by atoms with Crippen LogP contribution in [0.25, 0.3) is 0 Å². The Morgan fingerprint density at radius 3 is 2.84 bits per heavy atom. The second kappa shape index (κ2) is 5.77. The van der Waals surface area contributed by atoms with Crippen molar-refractivity contribution in [2.75, 3.05) is 13.2 Å². The van der Waals surface area contributed by atoms with E-state index in [-0.39, 0.29) is 17.8 Å². The zero-order valence-electron chi connectivity index (χ0n) is 11.4. The highest BCUT2D eigenvalue weighted by Crippen LogP contribution is 2.45. The second-order valence-electron chi connectivity index (χ2n) is 5.76. The van der Waals surface area contributed by atoms with Crippen LogP contribution in [0, 0.1) is 11.3 Å². The van der Waals surface area contributed by atoms with Crippen LogP contribution >= 0.6 is 0 Å². The highest BCUT2D eigenvalue weighted by molar-refractivity contribution is 6.07. The third-order valence-corrected chi connectivity index (χ3v) is 4.20. The predicted octanol–water partition coefficient (Wildman–Crippen LogP) is 0.834. The number of oxime groups is 1. The number of nitrogens with two attached hydrogens (primary N) is 1. The summed E-state index contributed by atoms with van der Waals surface area (Å²) in [6.07, 6.45) is 4.56. The molecule has 0 aromatic carbocycles. The Hall–Kier alpha value is -1.30. The summed E-state index contributed by atoms with van der Waals surface area (Å²) in [4.78, 5) is 12.2. The highest BCUT2D eigenvalue weighted by Gasteiger charge is 2.52. The van der Waals surface area contributed by atoms with Crippen molar-refractivity contribution in [2.24, 2.45) is 22.2 Å². The number of nitrogens with zero attached hydrogens (tertiary/aromatic N) is 1. The molecule has 1 aliphatic heterocycles. The summed E-state index contributed by atoms with van der Waals surface area (Å²) in [7, 11) is 0. The molecule has 1 atom stereocenters. The van der Waals surface area contributed by atoms with E-state index in [0.29, 0.717) is 25.3 Å². The van der Waals surface area contributed by atoms with Crippen molar-refractivity contribution in [3.05, 3.63) is 0 Å². The van der Waals surface area contributed by atoms with Gasteiger partial charge in [-0.3, -0.25) is 4.79 Å². The molecule has 0 radical (unpaired) electrons. The third kappa shape index (κ3) is 2.83. The number of hydrogen-bond acceptors (Lipinski definition) is 4. The van der Waals surface area contributed by atoms with Crippen LogP contribution in [-0.4, -0.2) is 36.2 Å². The maximum Gasteiger partial charge on any atom is 0.233 e. The van der Waals surface area contributed by atoms with Crippen LogP contribution in [-0.2, 0) is 9.53 Å². The zero-order valence-corrected chi connectivity index (χ0v) is 11.4. The fraction of sp³-hybridized carbons (Fsp3) is 0.846. The molecule has 0 aromatic rings. The van der Waals surface area contributed by atoms with Crippen molar-refractivity contribution < 1.29 is 14.7 Å². The molecular formula is C13H23N3O3. The largest absolute Gasteiger partial charge is 0.409 e. The van der Waals surface area contributed by atoms with Gasteiger partial charge < -0.3 is 21.0 Å². The minimum Gasteiger partial charge on any atom is -0.409 e. The summed E-state index contributed by atoms with van der Waals surface area (Å²) in [5.74, 6) is 0.336. The average Bonchev–Trinajstić information content (AvgIpc) is 2.86. The lowest BCUT2D eigenvalue weighted by Crippen LogP contribution is -2.57. The van der Waals surface area contributed by atoms with E-state index >= 15 is 0 Å². The minimum atomic E-state index is -0.801. The van der Waals surface area contributed by atoms with Crippen molar-refractivity contribution in [1.82, 2.24) is 5.32 Å². The first kappa shape index (κ1) is 14.1. The number of ether oxygens (including phenoxy) is 1. The number of hydrogen-bond donors (Lipinski definition) is 3. The van der Waals surface area contributed by atoms with Crippen molar-refractivity contribution >= 4 is 11.7 Å². The van der Waals surface area contributed by atoms with Gasteiger partial charge in [0.2, 0.25) is 5.91 Å². The molecular weight excluding hydrogens is 246 g/mol. The molecule has 1 heterocycles. The SMILES string of the molecule is CC1CC(C(=O)NCCC2CCCO2)(C(N)=NO)C1. The Morgan fingerprint density at radius 2 is 2.32 bits per heavy atom. The van der Waals surface area contributed by atoms with Gasteiger partial charge in [0.25, 0.3) is 0 Å². The predicted molar refractivity (Wildman–Crippen MR) is 70.8 cm³/mol. The van der Waals surface area contributed by atoms with Crippen LogP contribution < -0.4 is 11.1 Å². The van der Waals surface area contributed by atoms with E-state index in [9.17, 15) is 4.79 Å². The summed E-state index contributed by atoms with van der Waals surface area (Å²) in [6, 6.07) is 0. The Morgan fingerprint density at radius 1 is 1.58 bits per heavy atom. The van der Waals surface area contributed by atoms with E-state index in [2.05, 4.69) is 17.4 Å². The lowest BCUT2D eigenvalue weighted by molar-refractivity contribution is -0.133. The van der Waals surface area contributed by atoms with Gasteiger partial charge in [-0.1, -0.05) is 12.1 Å². The molecule has 1 amide bonds. The maximum atomic E-state index is 12.2. The van der Waals surface area contributed by atoms with Gasteiger partial charge in [-0.2, -0.15) is 0 Å². The van der Waals surface area contributed by atoms with E-state index in [1.807, 2.05) is 0 Å². The molecule has 1 saturated carbocycles. The number of nitrogens with one attached hydrogen (secondary N) is 1. The zero-order chi connectivity index (χ0) is 13.9. The summed E-state index contributed by atoms with van der Waals surface area (Å²) in [5.41, 5.74) is 4.88. The fourth-order valence-electron chi connectivity index (χ4n) is 3.12. The van der Waals surface area contributed by atoms with Gasteiger partial charge >= 0.3 is 0 Å². The molecule has 0 spiro atoms. The van der Waals surface area contributed by atoms with E-state index in [1.54, 1.807) is 0 Å². The average molecular weight is 269 g/mol. The lowest BCUT2D eigenvalue weighted by atomic mass is 9.61. The molecule has 1 saturated heterocycles. The highest BCUT2D eigenvalue weighted by atomic mass is 16.5. The van der Waals surface area contributed by atoms with Crippen LogP contribution in [0.15, 0.2) is 5.16 Å². The standard InChI is InChI=1S/C13H23N3O3/c1-9-7-13(8-9,11(14)16-18)12(17)15-5-4-10-3-2-6-19-10/h9-10,18H,2-8H2,1H3,(H2,14,16)(H,15,17). The van der Waals surface area contributed by atoms with Crippen molar-refractivity contribution in [3.63, 3.8) is 0 Å². The summed E-state index contributed by atoms with van der Waals surface area (Å²) < 4.78 is 5.51. The number of amides is 1. The first-order valence-electron chi connectivity index (χ1n) is 6.96. The lowest BCUT2D eigenvalue weighted by Gasteiger charge is -2.43. The maximum absolute atomic E-state index is 12.2. The molecule has 6 heteroatoms. The Bertz CT molecular complexity index is 358. The van der Waals surface area contributed by atoms with E-state index < -0.39 is 5.41 Å². The van der Waals surface area contributed by atoms with Gasteiger partial charge in [0, 0.05) is 13.2 Å². The molecule has 0 aromatic heterocycles. The molecule has 1 unspecified atom stereocenters. The summed E-state index contributed by atoms with van der Waals surface area (Å²) in [6.45, 7) is 3.46. The Labute approximate surface area is 113 Å². The van der Waals surface area contributed by atoms with E-state index in [4.69, 9.17) is 15.7 Å². The topological polar surface area (TPSA) is 96.9 Å². The molecule has 19 heavy (non-hydrogen) atoms. The first-order chi connectivity index (χ1) is 9.08. The van der Waals surface area contributed by atoms with Crippen LogP contribution in [0.5, 0.6) is 0 Å². The van der Waals surface area contributed by atoms with Gasteiger partial charge in [0.05, 0.1) is 6.10 Å².